The van der Waals surface area contributed by atoms with Gasteiger partial charge in [-0.1, -0.05) is 0 Å². The smallest absolute Gasteiger partial charge is 0.404 e. The maximum Gasteiger partial charge on any atom is 0.573 e. The van der Waals surface area contributed by atoms with Gasteiger partial charge in [0.15, 0.2) is 5.75 Å². The van der Waals surface area contributed by atoms with Gasteiger partial charge < -0.3 is 4.74 Å². The van der Waals surface area contributed by atoms with Crippen LogP contribution in [0.2, 0.25) is 0 Å². The molecule has 0 unspecified atom stereocenters. The van der Waals surface area contributed by atoms with E-state index in [1.54, 1.807) is 0 Å². The molecule has 3 nitrogen and oxygen atoms in total. The molecule has 0 spiro atoms. The summed E-state index contributed by atoms with van der Waals surface area (Å²) in [6, 6.07) is 0.945. The Hall–Kier alpha value is -1.33. The second-order valence-electron chi connectivity index (χ2n) is 1.57. The molecule has 0 saturated carbocycles. The Morgan fingerprint density at radius 2 is 2.18 bits per heavy atom. The van der Waals surface area contributed by atoms with E-state index in [2.05, 4.69) is 21.1 Å². The predicted molar refractivity (Wildman–Crippen MR) is 27.6 cm³/mol. The lowest BCUT2D eigenvalue weighted by Crippen LogP contribution is -2.17. The highest BCUT2D eigenvalue weighted by Crippen LogP contribution is 2.20. The predicted octanol–water partition coefficient (Wildman–Crippen LogP) is 1.18. The minimum Gasteiger partial charge on any atom is -0.404 e. The third-order valence-electron chi connectivity index (χ3n) is 0.741. The molecule has 0 bridgehead atoms. The minimum absolute atomic E-state index is 0.424. The van der Waals surface area contributed by atoms with Gasteiger partial charge in [-0.3, -0.25) is 0 Å². The first-order chi connectivity index (χ1) is 5.08. The number of halogens is 3. The average molecular weight is 163 g/mol. The zero-order valence-corrected chi connectivity index (χ0v) is 5.09. The first kappa shape index (κ1) is 7.77. The molecule has 0 aliphatic heterocycles. The van der Waals surface area contributed by atoms with Crippen LogP contribution in [0, 0.1) is 6.20 Å². The molecule has 6 heteroatoms. The van der Waals surface area contributed by atoms with Crippen molar-refractivity contribution in [2.75, 3.05) is 0 Å². The van der Waals surface area contributed by atoms with Gasteiger partial charge in [0.25, 0.3) is 0 Å². The zero-order valence-electron chi connectivity index (χ0n) is 5.09. The Morgan fingerprint density at radius 3 is 2.64 bits per heavy atom. The normalized spacial score (nSPS) is 11.2. The van der Waals surface area contributed by atoms with Crippen molar-refractivity contribution in [1.29, 1.82) is 0 Å². The summed E-state index contributed by atoms with van der Waals surface area (Å²) in [6.07, 6.45) is -1.74. The summed E-state index contributed by atoms with van der Waals surface area (Å²) >= 11 is 0. The average Bonchev–Trinajstić information content (AvgIpc) is 1.85. The van der Waals surface area contributed by atoms with Crippen molar-refractivity contribution in [1.82, 2.24) is 10.2 Å². The molecule has 0 aliphatic rings. The lowest BCUT2D eigenvalue weighted by Gasteiger charge is -2.06. The lowest BCUT2D eigenvalue weighted by molar-refractivity contribution is -0.274. The number of hydrogen-bond donors (Lipinski definition) is 0. The van der Waals surface area contributed by atoms with E-state index in [1.165, 1.54) is 0 Å². The van der Waals surface area contributed by atoms with Crippen LogP contribution < -0.4 is 4.74 Å². The molecule has 11 heavy (non-hydrogen) atoms. The minimum atomic E-state index is -4.68. The van der Waals surface area contributed by atoms with Crippen molar-refractivity contribution in [3.8, 4) is 5.75 Å². The third-order valence-corrected chi connectivity index (χ3v) is 0.741. The van der Waals surface area contributed by atoms with E-state index in [0.29, 0.717) is 0 Å². The van der Waals surface area contributed by atoms with E-state index in [9.17, 15) is 13.2 Å². The number of ether oxygens (including phenoxy) is 1. The molecule has 1 aromatic heterocycles. The highest BCUT2D eigenvalue weighted by atomic mass is 19.4. The van der Waals surface area contributed by atoms with Crippen LogP contribution >= 0.6 is 0 Å². The van der Waals surface area contributed by atoms with Crippen LogP contribution in [-0.2, 0) is 0 Å². The second-order valence-corrected chi connectivity index (χ2v) is 1.57. The van der Waals surface area contributed by atoms with Gasteiger partial charge in [0, 0.05) is 6.07 Å². The van der Waals surface area contributed by atoms with E-state index < -0.39 is 12.1 Å². The molecule has 0 amide bonds. The van der Waals surface area contributed by atoms with E-state index in [1.807, 2.05) is 0 Å². The van der Waals surface area contributed by atoms with Crippen LogP contribution in [-0.4, -0.2) is 16.6 Å². The van der Waals surface area contributed by atoms with Crippen molar-refractivity contribution in [2.45, 2.75) is 6.36 Å². The summed E-state index contributed by atoms with van der Waals surface area (Å²) in [5, 5.41) is 6.29. The Kier molecular flexibility index (Phi) is 1.93. The van der Waals surface area contributed by atoms with Crippen molar-refractivity contribution >= 4 is 0 Å². The number of aromatic nitrogens is 2. The van der Waals surface area contributed by atoms with E-state index in [-0.39, 0.29) is 0 Å². The van der Waals surface area contributed by atoms with E-state index in [0.717, 1.165) is 12.3 Å². The Labute approximate surface area is 59.8 Å². The quantitative estimate of drug-likeness (QED) is 0.623. The van der Waals surface area contributed by atoms with Crippen LogP contribution in [0.4, 0.5) is 13.2 Å². The number of nitrogens with zero attached hydrogens (tertiary/aromatic N) is 2. The Balaban J connectivity index is 2.66. The fraction of sp³-hybridized carbons (Fsp3) is 0.200. The van der Waals surface area contributed by atoms with E-state index in [4.69, 9.17) is 0 Å². The fourth-order valence-electron chi connectivity index (χ4n) is 0.438. The molecular formula is C5H2F3N2O. The fourth-order valence-corrected chi connectivity index (χ4v) is 0.438. The SMILES string of the molecule is FC(F)(F)Oc1c[c]nnc1. The van der Waals surface area contributed by atoms with Gasteiger partial charge in [-0.2, -0.15) is 5.10 Å². The van der Waals surface area contributed by atoms with Gasteiger partial charge in [0.2, 0.25) is 0 Å². The van der Waals surface area contributed by atoms with Crippen LogP contribution in [0.5, 0.6) is 5.75 Å². The largest absolute Gasteiger partial charge is 0.573 e. The summed E-state index contributed by atoms with van der Waals surface area (Å²) < 4.78 is 37.8. The molecule has 1 heterocycles. The molecule has 0 saturated heterocycles. The highest BCUT2D eigenvalue weighted by molar-refractivity contribution is 5.12. The molecule has 0 aromatic carbocycles. The summed E-state index contributed by atoms with van der Waals surface area (Å²) in [6.45, 7) is 0. The molecule has 1 aromatic rings. The van der Waals surface area contributed by atoms with Crippen molar-refractivity contribution in [3.05, 3.63) is 18.5 Å². The Bertz CT molecular complexity index is 223. The molecule has 0 fully saturated rings. The lowest BCUT2D eigenvalue weighted by atomic mass is 10.5. The van der Waals surface area contributed by atoms with Crippen LogP contribution in [0.1, 0.15) is 0 Å². The van der Waals surface area contributed by atoms with Gasteiger partial charge in [-0.05, 0) is 0 Å². The molecule has 1 rings (SSSR count). The van der Waals surface area contributed by atoms with Crippen molar-refractivity contribution < 1.29 is 17.9 Å². The molecule has 59 valence electrons. The van der Waals surface area contributed by atoms with Crippen LogP contribution in [0.3, 0.4) is 0 Å². The van der Waals surface area contributed by atoms with Crippen molar-refractivity contribution in [3.63, 3.8) is 0 Å². The van der Waals surface area contributed by atoms with Gasteiger partial charge in [-0.15, -0.1) is 18.3 Å². The summed E-state index contributed by atoms with van der Waals surface area (Å²) in [4.78, 5) is 0. The number of hydrogen-bond acceptors (Lipinski definition) is 3. The summed E-state index contributed by atoms with van der Waals surface area (Å²) in [5.74, 6) is -0.424. The zero-order chi connectivity index (χ0) is 8.32. The summed E-state index contributed by atoms with van der Waals surface area (Å²) in [5.41, 5.74) is 0. The molecule has 0 N–H and O–H groups in total. The first-order valence-corrected chi connectivity index (χ1v) is 2.52. The topological polar surface area (TPSA) is 35.0 Å². The van der Waals surface area contributed by atoms with Crippen LogP contribution in [0.15, 0.2) is 12.3 Å². The molecule has 1 radical (unpaired) electrons. The standard InChI is InChI=1S/C5H2F3N2O/c6-5(7,8)11-4-1-2-9-10-3-4/h1,3H. The first-order valence-electron chi connectivity index (χ1n) is 2.52. The second kappa shape index (κ2) is 2.73. The maximum atomic E-state index is 11.5. The molecule has 0 atom stereocenters. The van der Waals surface area contributed by atoms with Gasteiger partial charge in [-0.25, -0.2) is 0 Å². The monoisotopic (exact) mass is 163 g/mol. The van der Waals surface area contributed by atoms with E-state index >= 15 is 0 Å². The third kappa shape index (κ3) is 2.83. The van der Waals surface area contributed by atoms with Gasteiger partial charge in [0.05, 0.1) is 6.20 Å². The molecule has 0 aliphatic carbocycles. The number of alkyl halides is 3. The van der Waals surface area contributed by atoms with Crippen molar-refractivity contribution in [2.24, 2.45) is 0 Å². The van der Waals surface area contributed by atoms with Gasteiger partial charge in [0.1, 0.15) is 6.20 Å². The number of rotatable bonds is 1. The van der Waals surface area contributed by atoms with Gasteiger partial charge >= 0.3 is 6.36 Å². The maximum absolute atomic E-state index is 11.5. The Morgan fingerprint density at radius 1 is 1.45 bits per heavy atom. The van der Waals surface area contributed by atoms with Crippen LogP contribution in [0.25, 0.3) is 0 Å². The summed E-state index contributed by atoms with van der Waals surface area (Å²) in [7, 11) is 0. The highest BCUT2D eigenvalue weighted by Gasteiger charge is 2.31. The molecular weight excluding hydrogens is 161 g/mol.